The molecule has 0 aliphatic heterocycles. The maximum absolute atomic E-state index is 10.5. The molecule has 1 aromatic heterocycles. The van der Waals surface area contributed by atoms with Crippen molar-refractivity contribution in [2.45, 2.75) is 38.2 Å². The number of rotatable bonds is 4. The smallest absolute Gasteiger partial charge is 0.239 e. The van der Waals surface area contributed by atoms with Crippen LogP contribution in [0.5, 0.6) is 0 Å². The van der Waals surface area contributed by atoms with E-state index in [0.717, 1.165) is 19.3 Å². The largest absolute Gasteiger partial charge is 0.388 e. The van der Waals surface area contributed by atoms with Crippen LogP contribution in [0, 0.1) is 5.92 Å². The first-order valence-corrected chi connectivity index (χ1v) is 6.85. The van der Waals surface area contributed by atoms with Gasteiger partial charge in [0.2, 0.25) is 5.95 Å². The average molecular weight is 286 g/mol. The van der Waals surface area contributed by atoms with Gasteiger partial charge in [0.05, 0.1) is 11.8 Å². The van der Waals surface area contributed by atoms with Crippen LogP contribution in [0.25, 0.3) is 0 Å². The van der Waals surface area contributed by atoms with E-state index in [1.807, 2.05) is 0 Å². The number of nitrogens with one attached hydrogen (secondary N) is 2. The highest BCUT2D eigenvalue weighted by molar-refractivity contribution is 6.32. The molecule has 19 heavy (non-hydrogen) atoms. The van der Waals surface area contributed by atoms with Crippen molar-refractivity contribution in [3.8, 4) is 0 Å². The number of aromatic nitrogens is 2. The standard InChI is InChI=1S/C12H20ClN5O/c1-8-3-2-4-12(19,5-8)7-16-10-9(13)6-15-11(17-10)18-14/h6,8,19H,2-5,7,14H2,1H3,(H2,15,16,17,18). The Bertz CT molecular complexity index is 444. The van der Waals surface area contributed by atoms with Crippen LogP contribution in [0.2, 0.25) is 5.02 Å². The molecule has 1 saturated carbocycles. The lowest BCUT2D eigenvalue weighted by Crippen LogP contribution is -2.41. The molecule has 0 spiro atoms. The molecule has 0 saturated heterocycles. The van der Waals surface area contributed by atoms with Crippen LogP contribution in [0.15, 0.2) is 6.20 Å². The monoisotopic (exact) mass is 285 g/mol. The molecule has 1 aliphatic carbocycles. The van der Waals surface area contributed by atoms with Crippen LogP contribution in [-0.4, -0.2) is 27.2 Å². The van der Waals surface area contributed by atoms with Gasteiger partial charge in [0, 0.05) is 6.54 Å². The molecule has 2 atom stereocenters. The average Bonchev–Trinajstić information content (AvgIpc) is 2.37. The molecular weight excluding hydrogens is 266 g/mol. The Morgan fingerprint density at radius 2 is 2.42 bits per heavy atom. The van der Waals surface area contributed by atoms with Gasteiger partial charge < -0.3 is 10.4 Å². The number of aliphatic hydroxyl groups is 1. The topological polar surface area (TPSA) is 96.1 Å². The number of anilines is 2. The third kappa shape index (κ3) is 3.68. The number of nitrogens with two attached hydrogens (primary N) is 1. The highest BCUT2D eigenvalue weighted by Crippen LogP contribution is 2.32. The molecule has 0 amide bonds. The Labute approximate surface area is 117 Å². The summed E-state index contributed by atoms with van der Waals surface area (Å²) in [5.41, 5.74) is 1.67. The first kappa shape index (κ1) is 14.3. The van der Waals surface area contributed by atoms with Gasteiger partial charge in [-0.1, -0.05) is 31.4 Å². The highest BCUT2D eigenvalue weighted by Gasteiger charge is 2.32. The minimum Gasteiger partial charge on any atom is -0.388 e. The normalized spacial score (nSPS) is 27.1. The van der Waals surface area contributed by atoms with Gasteiger partial charge >= 0.3 is 0 Å². The van der Waals surface area contributed by atoms with Crippen LogP contribution < -0.4 is 16.6 Å². The molecule has 1 heterocycles. The molecule has 1 aliphatic rings. The Kier molecular flexibility index (Phi) is 4.44. The van der Waals surface area contributed by atoms with E-state index < -0.39 is 5.60 Å². The predicted molar refractivity (Wildman–Crippen MR) is 75.9 cm³/mol. The number of nitrogens with zero attached hydrogens (tertiary/aromatic N) is 2. The van der Waals surface area contributed by atoms with Gasteiger partial charge in [0.15, 0.2) is 5.82 Å². The van der Waals surface area contributed by atoms with Crippen LogP contribution >= 0.6 is 11.6 Å². The van der Waals surface area contributed by atoms with Crippen molar-refractivity contribution >= 4 is 23.4 Å². The van der Waals surface area contributed by atoms with Crippen molar-refractivity contribution in [3.63, 3.8) is 0 Å². The van der Waals surface area contributed by atoms with Gasteiger partial charge in [0.25, 0.3) is 0 Å². The van der Waals surface area contributed by atoms with E-state index in [0.29, 0.717) is 23.3 Å². The Balaban J connectivity index is 2.01. The SMILES string of the molecule is CC1CCCC(O)(CNc2nc(NN)ncc2Cl)C1. The molecule has 6 nitrogen and oxygen atoms in total. The van der Waals surface area contributed by atoms with Crippen molar-refractivity contribution in [1.29, 1.82) is 0 Å². The number of hydrazine groups is 1. The zero-order chi connectivity index (χ0) is 13.9. The molecule has 5 N–H and O–H groups in total. The van der Waals surface area contributed by atoms with E-state index in [9.17, 15) is 5.11 Å². The van der Waals surface area contributed by atoms with Gasteiger partial charge in [-0.15, -0.1) is 0 Å². The first-order chi connectivity index (χ1) is 9.02. The minimum absolute atomic E-state index is 0.288. The summed E-state index contributed by atoms with van der Waals surface area (Å²) in [6, 6.07) is 0. The number of hydrogen-bond acceptors (Lipinski definition) is 6. The molecular formula is C12H20ClN5O. The van der Waals surface area contributed by atoms with E-state index in [1.165, 1.54) is 12.6 Å². The zero-order valence-electron chi connectivity index (χ0n) is 11.0. The second kappa shape index (κ2) is 5.90. The lowest BCUT2D eigenvalue weighted by Gasteiger charge is -2.35. The van der Waals surface area contributed by atoms with Gasteiger partial charge in [-0.3, -0.25) is 5.43 Å². The Morgan fingerprint density at radius 1 is 1.63 bits per heavy atom. The molecule has 1 aromatic rings. The molecule has 7 heteroatoms. The Morgan fingerprint density at radius 3 is 3.11 bits per heavy atom. The third-order valence-electron chi connectivity index (χ3n) is 3.53. The highest BCUT2D eigenvalue weighted by atomic mass is 35.5. The second-order valence-electron chi connectivity index (χ2n) is 5.31. The molecule has 0 radical (unpaired) electrons. The minimum atomic E-state index is -0.692. The van der Waals surface area contributed by atoms with Crippen LogP contribution in [-0.2, 0) is 0 Å². The van der Waals surface area contributed by atoms with Crippen molar-refractivity contribution in [3.05, 3.63) is 11.2 Å². The fraction of sp³-hybridized carbons (Fsp3) is 0.667. The van der Waals surface area contributed by atoms with Gasteiger partial charge in [-0.2, -0.15) is 4.98 Å². The van der Waals surface area contributed by atoms with E-state index >= 15 is 0 Å². The van der Waals surface area contributed by atoms with E-state index in [2.05, 4.69) is 27.6 Å². The van der Waals surface area contributed by atoms with E-state index in [-0.39, 0.29) is 5.95 Å². The summed E-state index contributed by atoms with van der Waals surface area (Å²) >= 11 is 6.01. The summed E-state index contributed by atoms with van der Waals surface area (Å²) in [7, 11) is 0. The molecule has 2 rings (SSSR count). The fourth-order valence-corrected chi connectivity index (χ4v) is 2.76. The van der Waals surface area contributed by atoms with Crippen LogP contribution in [0.3, 0.4) is 0 Å². The maximum Gasteiger partial charge on any atom is 0.239 e. The van der Waals surface area contributed by atoms with Crippen molar-refractivity contribution < 1.29 is 5.11 Å². The van der Waals surface area contributed by atoms with Gasteiger partial charge in [0.1, 0.15) is 5.02 Å². The number of hydrogen-bond donors (Lipinski definition) is 4. The van der Waals surface area contributed by atoms with E-state index in [4.69, 9.17) is 17.4 Å². The van der Waals surface area contributed by atoms with Gasteiger partial charge in [-0.05, 0) is 18.8 Å². The number of halogens is 1. The van der Waals surface area contributed by atoms with Crippen molar-refractivity contribution in [2.24, 2.45) is 11.8 Å². The lowest BCUT2D eigenvalue weighted by molar-refractivity contribution is -0.000823. The maximum atomic E-state index is 10.5. The summed E-state index contributed by atoms with van der Waals surface area (Å²) in [4.78, 5) is 8.02. The first-order valence-electron chi connectivity index (χ1n) is 6.48. The third-order valence-corrected chi connectivity index (χ3v) is 3.80. The zero-order valence-corrected chi connectivity index (χ0v) is 11.7. The summed E-state index contributed by atoms with van der Waals surface area (Å²) < 4.78 is 0. The lowest BCUT2D eigenvalue weighted by atomic mass is 9.79. The quantitative estimate of drug-likeness (QED) is 0.497. The molecule has 106 valence electrons. The van der Waals surface area contributed by atoms with Crippen molar-refractivity contribution in [1.82, 2.24) is 9.97 Å². The predicted octanol–water partition coefficient (Wildman–Crippen LogP) is 1.77. The van der Waals surface area contributed by atoms with Crippen LogP contribution in [0.4, 0.5) is 11.8 Å². The summed E-state index contributed by atoms with van der Waals surface area (Å²) in [5, 5.41) is 14.0. The summed E-state index contributed by atoms with van der Waals surface area (Å²) in [6.45, 7) is 2.59. The van der Waals surface area contributed by atoms with E-state index in [1.54, 1.807) is 0 Å². The molecule has 1 fully saturated rings. The van der Waals surface area contributed by atoms with Crippen molar-refractivity contribution in [2.75, 3.05) is 17.3 Å². The van der Waals surface area contributed by atoms with Crippen LogP contribution in [0.1, 0.15) is 32.6 Å². The van der Waals surface area contributed by atoms with Gasteiger partial charge in [-0.25, -0.2) is 10.8 Å². The second-order valence-corrected chi connectivity index (χ2v) is 5.72. The molecule has 0 bridgehead atoms. The Hall–Kier alpha value is -1.11. The number of nitrogen functional groups attached to an aromatic ring is 1. The fourth-order valence-electron chi connectivity index (χ4n) is 2.60. The summed E-state index contributed by atoms with van der Waals surface area (Å²) in [5.74, 6) is 6.57. The molecule has 2 unspecified atom stereocenters. The molecule has 0 aromatic carbocycles. The summed E-state index contributed by atoms with van der Waals surface area (Å²) in [6.07, 6.45) is 5.30.